The number of hydrogen-bond acceptors (Lipinski definition) is 7. The standard InChI is InChI=1S/C33H32BrNO6/c1-20-30(33(37)41-15-14-40-23-12-8-5-9-13-23)31(24-18-28(38-2)29(39-3)19-25(24)34)32-26(35-20)16-22(17-27(32)36)21-10-6-4-7-11-21/h4-13,18-19,22,31,35H,14-17H2,1-3H3/t22-,31-/m1/s1. The number of rotatable bonds is 9. The summed E-state index contributed by atoms with van der Waals surface area (Å²) in [5.41, 5.74) is 4.25. The number of methoxy groups -OCH3 is 2. The van der Waals surface area contributed by atoms with Crippen LogP contribution in [0.5, 0.6) is 17.2 Å². The van der Waals surface area contributed by atoms with Gasteiger partial charge in [-0.2, -0.15) is 0 Å². The minimum absolute atomic E-state index is 0.00972. The third-order valence-electron chi connectivity index (χ3n) is 7.46. The zero-order valence-electron chi connectivity index (χ0n) is 23.2. The summed E-state index contributed by atoms with van der Waals surface area (Å²) in [5.74, 6) is 0.591. The van der Waals surface area contributed by atoms with E-state index in [0.29, 0.717) is 51.4 Å². The van der Waals surface area contributed by atoms with Gasteiger partial charge in [0, 0.05) is 33.8 Å². The van der Waals surface area contributed by atoms with Crippen molar-refractivity contribution in [2.75, 3.05) is 27.4 Å². The summed E-state index contributed by atoms with van der Waals surface area (Å²) in [6.07, 6.45) is 0.995. The predicted octanol–water partition coefficient (Wildman–Crippen LogP) is 6.45. The van der Waals surface area contributed by atoms with Crippen LogP contribution in [0, 0.1) is 0 Å². The molecule has 5 rings (SSSR count). The number of para-hydroxylation sites is 1. The highest BCUT2D eigenvalue weighted by Gasteiger charge is 2.42. The van der Waals surface area contributed by atoms with Crippen LogP contribution < -0.4 is 19.5 Å². The second-order valence-corrected chi connectivity index (χ2v) is 10.8. The van der Waals surface area contributed by atoms with Crippen LogP contribution in [0.2, 0.25) is 0 Å². The Morgan fingerprint density at radius 3 is 2.27 bits per heavy atom. The van der Waals surface area contributed by atoms with Crippen molar-refractivity contribution in [3.8, 4) is 17.2 Å². The molecule has 2 aliphatic rings. The molecule has 0 unspecified atom stereocenters. The molecule has 7 nitrogen and oxygen atoms in total. The SMILES string of the molecule is COc1cc(Br)c([C@@H]2C(C(=O)OCCOc3ccccc3)=C(C)NC3=C2C(=O)C[C@H](c2ccccc2)C3)cc1OC. The highest BCUT2D eigenvalue weighted by molar-refractivity contribution is 9.10. The number of ketones is 1. The van der Waals surface area contributed by atoms with Gasteiger partial charge in [-0.05, 0) is 54.7 Å². The Morgan fingerprint density at radius 1 is 0.927 bits per heavy atom. The van der Waals surface area contributed by atoms with Crippen LogP contribution in [0.25, 0.3) is 0 Å². The van der Waals surface area contributed by atoms with Crippen molar-refractivity contribution >= 4 is 27.7 Å². The Hall–Kier alpha value is -4.04. The molecule has 0 amide bonds. The molecular formula is C33H32BrNO6. The van der Waals surface area contributed by atoms with E-state index in [0.717, 1.165) is 16.8 Å². The second kappa shape index (κ2) is 12.6. The van der Waals surface area contributed by atoms with E-state index in [2.05, 4.69) is 33.4 Å². The number of benzene rings is 3. The van der Waals surface area contributed by atoms with Crippen LogP contribution in [0.15, 0.2) is 99.8 Å². The number of dihydropyridines is 1. The number of esters is 1. The Balaban J connectivity index is 1.50. The minimum atomic E-state index is -0.660. The molecule has 0 radical (unpaired) electrons. The molecule has 0 saturated heterocycles. The molecular weight excluding hydrogens is 586 g/mol. The third-order valence-corrected chi connectivity index (χ3v) is 8.15. The fourth-order valence-corrected chi connectivity index (χ4v) is 6.11. The van der Waals surface area contributed by atoms with Gasteiger partial charge in [-0.15, -0.1) is 0 Å². The van der Waals surface area contributed by atoms with Gasteiger partial charge in [0.2, 0.25) is 0 Å². The van der Waals surface area contributed by atoms with Gasteiger partial charge in [0.1, 0.15) is 19.0 Å². The Labute approximate surface area is 248 Å². The first-order chi connectivity index (χ1) is 19.9. The molecule has 0 fully saturated rings. The molecule has 41 heavy (non-hydrogen) atoms. The molecule has 3 aromatic rings. The van der Waals surface area contributed by atoms with E-state index in [1.165, 1.54) is 0 Å². The molecule has 1 heterocycles. The zero-order chi connectivity index (χ0) is 28.9. The van der Waals surface area contributed by atoms with Crippen LogP contribution in [-0.2, 0) is 14.3 Å². The summed E-state index contributed by atoms with van der Waals surface area (Å²) in [6, 6.07) is 23.0. The first kappa shape index (κ1) is 28.5. The minimum Gasteiger partial charge on any atom is -0.493 e. The first-order valence-corrected chi connectivity index (χ1v) is 14.3. The summed E-state index contributed by atoms with van der Waals surface area (Å²) in [5, 5.41) is 3.40. The van der Waals surface area contributed by atoms with Gasteiger partial charge in [0.15, 0.2) is 17.3 Å². The molecule has 8 heteroatoms. The number of hydrogen-bond donors (Lipinski definition) is 1. The van der Waals surface area contributed by atoms with Gasteiger partial charge < -0.3 is 24.3 Å². The van der Waals surface area contributed by atoms with Crippen LogP contribution in [0.1, 0.15) is 42.7 Å². The molecule has 0 aromatic heterocycles. The van der Waals surface area contributed by atoms with Gasteiger partial charge in [-0.3, -0.25) is 4.79 Å². The van der Waals surface area contributed by atoms with Crippen molar-refractivity contribution in [1.82, 2.24) is 5.32 Å². The molecule has 0 bridgehead atoms. The van der Waals surface area contributed by atoms with Gasteiger partial charge in [0.25, 0.3) is 0 Å². The van der Waals surface area contributed by atoms with E-state index in [1.807, 2.05) is 61.5 Å². The molecule has 212 valence electrons. The zero-order valence-corrected chi connectivity index (χ0v) is 24.8. The lowest BCUT2D eigenvalue weighted by Gasteiger charge is -2.37. The average Bonchev–Trinajstić information content (AvgIpc) is 2.99. The number of nitrogens with one attached hydrogen (secondary N) is 1. The lowest BCUT2D eigenvalue weighted by molar-refractivity contribution is -0.140. The molecule has 0 spiro atoms. The topological polar surface area (TPSA) is 83.1 Å². The summed E-state index contributed by atoms with van der Waals surface area (Å²) in [4.78, 5) is 27.6. The van der Waals surface area contributed by atoms with Crippen LogP contribution in [0.3, 0.4) is 0 Å². The Morgan fingerprint density at radius 2 is 1.59 bits per heavy atom. The number of allylic oxidation sites excluding steroid dienone is 3. The lowest BCUT2D eigenvalue weighted by Crippen LogP contribution is -2.36. The fourth-order valence-electron chi connectivity index (χ4n) is 5.56. The van der Waals surface area contributed by atoms with Crippen molar-refractivity contribution < 1.29 is 28.5 Å². The Bertz CT molecular complexity index is 1500. The molecule has 1 N–H and O–H groups in total. The van der Waals surface area contributed by atoms with E-state index in [4.69, 9.17) is 18.9 Å². The summed E-state index contributed by atoms with van der Waals surface area (Å²) >= 11 is 3.67. The van der Waals surface area contributed by atoms with Crippen molar-refractivity contribution in [3.63, 3.8) is 0 Å². The average molecular weight is 619 g/mol. The van der Waals surface area contributed by atoms with Gasteiger partial charge in [-0.1, -0.05) is 64.5 Å². The van der Waals surface area contributed by atoms with Crippen molar-refractivity contribution in [1.29, 1.82) is 0 Å². The van der Waals surface area contributed by atoms with Gasteiger partial charge in [0.05, 0.1) is 19.8 Å². The third kappa shape index (κ3) is 6.03. The van der Waals surface area contributed by atoms with Crippen molar-refractivity contribution in [3.05, 3.63) is 111 Å². The normalized spacial score (nSPS) is 18.4. The molecule has 2 atom stereocenters. The molecule has 0 saturated carbocycles. The van der Waals surface area contributed by atoms with Crippen molar-refractivity contribution in [2.45, 2.75) is 31.6 Å². The molecule has 3 aromatic carbocycles. The lowest BCUT2D eigenvalue weighted by atomic mass is 9.71. The van der Waals surface area contributed by atoms with E-state index in [1.54, 1.807) is 20.3 Å². The van der Waals surface area contributed by atoms with E-state index in [-0.39, 0.29) is 24.9 Å². The number of halogens is 1. The highest BCUT2D eigenvalue weighted by atomic mass is 79.9. The number of carbonyl (C=O) groups excluding carboxylic acids is 2. The van der Waals surface area contributed by atoms with Crippen LogP contribution in [0.4, 0.5) is 0 Å². The predicted molar refractivity (Wildman–Crippen MR) is 159 cm³/mol. The first-order valence-electron chi connectivity index (χ1n) is 13.5. The van der Waals surface area contributed by atoms with Crippen LogP contribution >= 0.6 is 15.9 Å². The summed E-state index contributed by atoms with van der Waals surface area (Å²) in [7, 11) is 3.12. The summed E-state index contributed by atoms with van der Waals surface area (Å²) in [6.45, 7) is 2.10. The smallest absolute Gasteiger partial charge is 0.336 e. The molecule has 1 aliphatic carbocycles. The van der Waals surface area contributed by atoms with E-state index in [9.17, 15) is 9.59 Å². The quantitative estimate of drug-likeness (QED) is 0.218. The highest BCUT2D eigenvalue weighted by Crippen LogP contribution is 2.49. The van der Waals surface area contributed by atoms with Crippen LogP contribution in [-0.4, -0.2) is 39.2 Å². The van der Waals surface area contributed by atoms with Gasteiger partial charge >= 0.3 is 5.97 Å². The second-order valence-electron chi connectivity index (χ2n) is 9.95. The number of carbonyl (C=O) groups is 2. The largest absolute Gasteiger partial charge is 0.493 e. The maximum absolute atomic E-state index is 13.9. The summed E-state index contributed by atoms with van der Waals surface area (Å²) < 4.78 is 23.2. The monoisotopic (exact) mass is 617 g/mol. The fraction of sp³-hybridized carbons (Fsp3) is 0.273. The number of ether oxygens (including phenoxy) is 4. The van der Waals surface area contributed by atoms with Gasteiger partial charge in [-0.25, -0.2) is 4.79 Å². The Kier molecular flexibility index (Phi) is 8.78. The maximum atomic E-state index is 13.9. The molecule has 1 aliphatic heterocycles. The number of Topliss-reactive ketones (excluding diaryl/α,β-unsaturated/α-hetero) is 1. The maximum Gasteiger partial charge on any atom is 0.336 e. The van der Waals surface area contributed by atoms with E-state index < -0.39 is 11.9 Å². The van der Waals surface area contributed by atoms with E-state index >= 15 is 0 Å². The van der Waals surface area contributed by atoms with Crippen molar-refractivity contribution in [2.24, 2.45) is 0 Å².